The highest BCUT2D eigenvalue weighted by Crippen LogP contribution is 2.15. The van der Waals surface area contributed by atoms with Crippen molar-refractivity contribution in [1.29, 1.82) is 0 Å². The molecule has 0 spiro atoms. The van der Waals surface area contributed by atoms with Gasteiger partial charge in [0.15, 0.2) is 5.84 Å². The molecule has 2 rings (SSSR count). The highest BCUT2D eigenvalue weighted by Gasteiger charge is 2.27. The van der Waals surface area contributed by atoms with Crippen molar-refractivity contribution in [2.75, 3.05) is 6.61 Å². The number of azo groups is 1. The van der Waals surface area contributed by atoms with Gasteiger partial charge in [-0.1, -0.05) is 0 Å². The van der Waals surface area contributed by atoms with Crippen molar-refractivity contribution in [2.24, 2.45) is 21.1 Å². The van der Waals surface area contributed by atoms with E-state index >= 15 is 0 Å². The predicted octanol–water partition coefficient (Wildman–Crippen LogP) is 0.718. The third-order valence-electron chi connectivity index (χ3n) is 2.49. The zero-order valence-corrected chi connectivity index (χ0v) is 10.7. The highest BCUT2D eigenvalue weighted by atomic mass is 16.5. The molecule has 0 aliphatic carbocycles. The number of carbonyl (C=O) groups is 2. The van der Waals surface area contributed by atoms with Gasteiger partial charge in [0, 0.05) is 0 Å². The topological polar surface area (TPSA) is 118 Å². The van der Waals surface area contributed by atoms with E-state index in [0.717, 1.165) is 0 Å². The van der Waals surface area contributed by atoms with Crippen LogP contribution in [-0.2, 0) is 9.53 Å². The average Bonchev–Trinajstić information content (AvgIpc) is 2.77. The Morgan fingerprint density at radius 1 is 1.45 bits per heavy atom. The van der Waals surface area contributed by atoms with Crippen LogP contribution in [0.3, 0.4) is 0 Å². The molecule has 1 amide bonds. The summed E-state index contributed by atoms with van der Waals surface area (Å²) in [5, 5.41) is 11.2. The minimum atomic E-state index is -0.903. The van der Waals surface area contributed by atoms with Crippen LogP contribution in [0.2, 0.25) is 0 Å². The first-order valence-electron chi connectivity index (χ1n) is 5.92. The van der Waals surface area contributed by atoms with Crippen molar-refractivity contribution in [1.82, 2.24) is 5.43 Å². The number of rotatable bonds is 4. The van der Waals surface area contributed by atoms with Crippen molar-refractivity contribution in [3.8, 4) is 0 Å². The van der Waals surface area contributed by atoms with Crippen LogP contribution in [0.5, 0.6) is 0 Å². The van der Waals surface area contributed by atoms with Crippen molar-refractivity contribution >= 4 is 23.4 Å². The Balaban J connectivity index is 2.06. The third-order valence-corrected chi connectivity index (χ3v) is 2.49. The summed E-state index contributed by atoms with van der Waals surface area (Å²) in [5.74, 6) is -0.751. The molecule has 20 heavy (non-hydrogen) atoms. The van der Waals surface area contributed by atoms with Crippen LogP contribution in [0.4, 0.5) is 5.69 Å². The molecule has 3 N–H and O–H groups in total. The summed E-state index contributed by atoms with van der Waals surface area (Å²) >= 11 is 0. The van der Waals surface area contributed by atoms with E-state index in [4.69, 9.17) is 10.5 Å². The number of ether oxygens (including phenoxy) is 1. The van der Waals surface area contributed by atoms with E-state index in [0.29, 0.717) is 17.9 Å². The van der Waals surface area contributed by atoms with Gasteiger partial charge in [0.25, 0.3) is 5.91 Å². The summed E-state index contributed by atoms with van der Waals surface area (Å²) < 4.78 is 4.86. The second-order valence-electron chi connectivity index (χ2n) is 3.90. The molecule has 0 saturated carbocycles. The highest BCUT2D eigenvalue weighted by molar-refractivity contribution is 6.10. The van der Waals surface area contributed by atoms with E-state index in [2.05, 4.69) is 20.8 Å². The number of nitrogens with two attached hydrogens (primary N) is 1. The maximum absolute atomic E-state index is 11.4. The number of carbonyl (C=O) groups excluding carboxylic acids is 2. The van der Waals surface area contributed by atoms with Crippen molar-refractivity contribution in [2.45, 2.75) is 13.0 Å². The van der Waals surface area contributed by atoms with Gasteiger partial charge in [0.05, 0.1) is 17.9 Å². The largest absolute Gasteiger partial charge is 0.462 e. The lowest BCUT2D eigenvalue weighted by Crippen LogP contribution is -2.31. The quantitative estimate of drug-likeness (QED) is 0.621. The van der Waals surface area contributed by atoms with Crippen LogP contribution >= 0.6 is 0 Å². The first-order chi connectivity index (χ1) is 9.61. The molecule has 0 saturated heterocycles. The second-order valence-corrected chi connectivity index (χ2v) is 3.90. The first-order valence-corrected chi connectivity index (χ1v) is 5.92. The van der Waals surface area contributed by atoms with Gasteiger partial charge in [-0.25, -0.2) is 10.2 Å². The number of hydrogen-bond donors (Lipinski definition) is 2. The lowest BCUT2D eigenvalue weighted by molar-refractivity contribution is -0.120. The maximum Gasteiger partial charge on any atom is 0.338 e. The molecule has 1 aliphatic rings. The lowest BCUT2D eigenvalue weighted by atomic mass is 10.2. The van der Waals surface area contributed by atoms with Crippen molar-refractivity contribution in [3.63, 3.8) is 0 Å². The molecule has 0 bridgehead atoms. The van der Waals surface area contributed by atoms with Gasteiger partial charge >= 0.3 is 5.97 Å². The number of benzene rings is 1. The van der Waals surface area contributed by atoms with E-state index in [9.17, 15) is 9.59 Å². The molecule has 0 fully saturated rings. The van der Waals surface area contributed by atoms with Gasteiger partial charge in [-0.15, -0.1) is 0 Å². The van der Waals surface area contributed by atoms with Gasteiger partial charge in [-0.05, 0) is 31.2 Å². The van der Waals surface area contributed by atoms with Crippen LogP contribution < -0.4 is 11.2 Å². The molecule has 104 valence electrons. The van der Waals surface area contributed by atoms with Crippen LogP contribution in [0.15, 0.2) is 39.6 Å². The molecule has 1 aromatic carbocycles. The SMILES string of the molecule is CCOC(=O)c1ccc(N=N[C@H]2C(=O)NN=C2N)cc1. The first kappa shape index (κ1) is 13.7. The van der Waals surface area contributed by atoms with E-state index < -0.39 is 17.9 Å². The normalized spacial score (nSPS) is 17.9. The molecule has 1 aromatic rings. The Morgan fingerprint density at radius 2 is 2.15 bits per heavy atom. The van der Waals surface area contributed by atoms with Gasteiger partial charge < -0.3 is 10.5 Å². The minimum absolute atomic E-state index is 0.0712. The number of esters is 1. The smallest absolute Gasteiger partial charge is 0.338 e. The summed E-state index contributed by atoms with van der Waals surface area (Å²) in [6.45, 7) is 2.05. The van der Waals surface area contributed by atoms with Gasteiger partial charge in [0.1, 0.15) is 0 Å². The molecular formula is C12H13N5O3. The standard InChI is InChI=1S/C12H13N5O3/c1-2-20-12(19)7-3-5-8(6-4-7)14-15-9-10(13)16-17-11(9)18/h3-6,9H,2H2,1H3,(H2,13,16)(H,17,18)/t9-/m1/s1. The predicted molar refractivity (Wildman–Crippen MR) is 70.5 cm³/mol. The van der Waals surface area contributed by atoms with Crippen LogP contribution in [0, 0.1) is 0 Å². The Labute approximate surface area is 114 Å². The molecule has 0 radical (unpaired) electrons. The summed E-state index contributed by atoms with van der Waals surface area (Å²) in [6, 6.07) is 5.42. The zero-order valence-electron chi connectivity index (χ0n) is 10.7. The van der Waals surface area contributed by atoms with Crippen LogP contribution in [0.1, 0.15) is 17.3 Å². The Morgan fingerprint density at radius 3 is 2.70 bits per heavy atom. The van der Waals surface area contributed by atoms with Gasteiger partial charge in [-0.3, -0.25) is 4.79 Å². The van der Waals surface area contributed by atoms with Crippen LogP contribution in [0.25, 0.3) is 0 Å². The second kappa shape index (κ2) is 5.91. The van der Waals surface area contributed by atoms with Crippen LogP contribution in [-0.4, -0.2) is 30.4 Å². The van der Waals surface area contributed by atoms with E-state index in [1.165, 1.54) is 0 Å². The summed E-state index contributed by atoms with van der Waals surface area (Å²) in [5.41, 5.74) is 8.60. The number of hydrogen-bond acceptors (Lipinski definition) is 7. The molecule has 0 aromatic heterocycles. The molecule has 0 unspecified atom stereocenters. The fraction of sp³-hybridized carbons (Fsp3) is 0.250. The number of nitrogens with zero attached hydrogens (tertiary/aromatic N) is 3. The van der Waals surface area contributed by atoms with E-state index in [-0.39, 0.29) is 5.84 Å². The number of amides is 1. The fourth-order valence-corrected chi connectivity index (χ4v) is 1.49. The van der Waals surface area contributed by atoms with Crippen molar-refractivity contribution in [3.05, 3.63) is 29.8 Å². The maximum atomic E-state index is 11.4. The average molecular weight is 275 g/mol. The lowest BCUT2D eigenvalue weighted by Gasteiger charge is -2.02. The Bertz CT molecular complexity index is 579. The number of nitrogens with one attached hydrogen (secondary N) is 1. The Hall–Kier alpha value is -2.77. The monoisotopic (exact) mass is 275 g/mol. The third kappa shape index (κ3) is 2.97. The molecule has 8 heteroatoms. The van der Waals surface area contributed by atoms with E-state index in [1.54, 1.807) is 31.2 Å². The van der Waals surface area contributed by atoms with Gasteiger partial charge in [-0.2, -0.15) is 15.3 Å². The molecule has 1 aliphatic heterocycles. The summed E-state index contributed by atoms with van der Waals surface area (Å²) in [4.78, 5) is 22.7. The minimum Gasteiger partial charge on any atom is -0.462 e. The molecular weight excluding hydrogens is 262 g/mol. The summed E-state index contributed by atoms with van der Waals surface area (Å²) in [7, 11) is 0. The zero-order chi connectivity index (χ0) is 14.5. The van der Waals surface area contributed by atoms with Crippen molar-refractivity contribution < 1.29 is 14.3 Å². The number of hydrazone groups is 1. The number of amidine groups is 1. The molecule has 8 nitrogen and oxygen atoms in total. The fourth-order valence-electron chi connectivity index (χ4n) is 1.49. The molecule has 1 atom stereocenters. The van der Waals surface area contributed by atoms with Gasteiger partial charge in [0.2, 0.25) is 6.04 Å². The summed E-state index contributed by atoms with van der Waals surface area (Å²) in [6.07, 6.45) is 0. The molecule has 1 heterocycles. The Kier molecular flexibility index (Phi) is 4.04. The van der Waals surface area contributed by atoms with E-state index in [1.807, 2.05) is 0 Å².